The number of rotatable bonds is 6. The SMILES string of the molecule is COc1ccc(NC(=O)c2nnc(C3CCN(S(=O)(=O)c4ccc(C)cc4)CC3)s2)cc1. The average molecular weight is 473 g/mol. The van der Waals surface area contributed by atoms with Crippen molar-refractivity contribution in [2.45, 2.75) is 30.6 Å². The number of nitrogens with zero attached hydrogens (tertiary/aromatic N) is 3. The lowest BCUT2D eigenvalue weighted by Crippen LogP contribution is -2.37. The first-order chi connectivity index (χ1) is 15.4. The molecule has 0 aliphatic carbocycles. The molecule has 3 aromatic rings. The van der Waals surface area contributed by atoms with Gasteiger partial charge in [-0.25, -0.2) is 8.42 Å². The van der Waals surface area contributed by atoms with Gasteiger partial charge in [0.15, 0.2) is 0 Å². The Morgan fingerprint density at radius 2 is 1.72 bits per heavy atom. The van der Waals surface area contributed by atoms with Crippen LogP contribution >= 0.6 is 11.3 Å². The number of piperidine rings is 1. The van der Waals surface area contributed by atoms with Crippen LogP contribution in [0.5, 0.6) is 5.75 Å². The van der Waals surface area contributed by atoms with E-state index in [1.807, 2.05) is 6.92 Å². The molecule has 1 saturated heterocycles. The molecule has 1 N–H and O–H groups in total. The molecule has 1 amide bonds. The number of aryl methyl sites for hydroxylation is 1. The molecule has 2 aromatic carbocycles. The molecule has 168 valence electrons. The molecule has 0 atom stereocenters. The lowest BCUT2D eigenvalue weighted by atomic mass is 9.99. The Hall–Kier alpha value is -2.82. The van der Waals surface area contributed by atoms with Crippen LogP contribution in [0.3, 0.4) is 0 Å². The van der Waals surface area contributed by atoms with Crippen LogP contribution in [0.4, 0.5) is 5.69 Å². The number of amides is 1. The number of sulfonamides is 1. The maximum Gasteiger partial charge on any atom is 0.286 e. The van der Waals surface area contributed by atoms with Gasteiger partial charge in [-0.15, -0.1) is 10.2 Å². The number of hydrogen-bond donors (Lipinski definition) is 1. The molecule has 0 radical (unpaired) electrons. The number of benzene rings is 2. The van der Waals surface area contributed by atoms with Gasteiger partial charge in [-0.3, -0.25) is 4.79 Å². The van der Waals surface area contributed by atoms with Crippen molar-refractivity contribution in [1.29, 1.82) is 0 Å². The number of aromatic nitrogens is 2. The van der Waals surface area contributed by atoms with Gasteiger partial charge >= 0.3 is 0 Å². The van der Waals surface area contributed by atoms with Crippen LogP contribution in [0, 0.1) is 6.92 Å². The Labute approximate surface area is 191 Å². The Morgan fingerprint density at radius 3 is 2.34 bits per heavy atom. The number of anilines is 1. The van der Waals surface area contributed by atoms with Crippen molar-refractivity contribution in [3.63, 3.8) is 0 Å². The van der Waals surface area contributed by atoms with Crippen LogP contribution in [-0.2, 0) is 10.0 Å². The summed E-state index contributed by atoms with van der Waals surface area (Å²) >= 11 is 1.25. The summed E-state index contributed by atoms with van der Waals surface area (Å²) in [7, 11) is -1.92. The van der Waals surface area contributed by atoms with Gasteiger partial charge < -0.3 is 10.1 Å². The van der Waals surface area contributed by atoms with Gasteiger partial charge in [-0.1, -0.05) is 29.0 Å². The molecule has 8 nitrogen and oxygen atoms in total. The monoisotopic (exact) mass is 472 g/mol. The van der Waals surface area contributed by atoms with E-state index in [-0.39, 0.29) is 16.8 Å². The zero-order valence-corrected chi connectivity index (χ0v) is 19.4. The summed E-state index contributed by atoms with van der Waals surface area (Å²) in [5.41, 5.74) is 1.66. The minimum atomic E-state index is -3.50. The summed E-state index contributed by atoms with van der Waals surface area (Å²) in [6, 6.07) is 13.9. The number of methoxy groups -OCH3 is 1. The Morgan fingerprint density at radius 1 is 1.06 bits per heavy atom. The van der Waals surface area contributed by atoms with Crippen molar-refractivity contribution in [3.05, 3.63) is 64.1 Å². The molecule has 4 rings (SSSR count). The van der Waals surface area contributed by atoms with Crippen LogP contribution in [-0.4, -0.2) is 49.0 Å². The van der Waals surface area contributed by atoms with Gasteiger partial charge in [-0.05, 0) is 56.2 Å². The number of carbonyl (C=O) groups excluding carboxylic acids is 1. The molecule has 2 heterocycles. The van der Waals surface area contributed by atoms with Crippen molar-refractivity contribution in [1.82, 2.24) is 14.5 Å². The van der Waals surface area contributed by atoms with Crippen molar-refractivity contribution in [2.24, 2.45) is 0 Å². The van der Waals surface area contributed by atoms with Gasteiger partial charge in [0.05, 0.1) is 12.0 Å². The van der Waals surface area contributed by atoms with E-state index in [1.54, 1.807) is 55.6 Å². The third kappa shape index (κ3) is 4.82. The Bertz CT molecular complexity index is 1180. The first kappa shape index (κ1) is 22.4. The Kier molecular flexibility index (Phi) is 6.54. The second-order valence-corrected chi connectivity index (χ2v) is 10.6. The molecule has 0 saturated carbocycles. The van der Waals surface area contributed by atoms with E-state index in [2.05, 4.69) is 15.5 Å². The number of ether oxygens (including phenoxy) is 1. The summed E-state index contributed by atoms with van der Waals surface area (Å²) in [5, 5.41) is 12.1. The number of hydrogen-bond acceptors (Lipinski definition) is 7. The van der Waals surface area contributed by atoms with Gasteiger partial charge in [0.2, 0.25) is 15.0 Å². The largest absolute Gasteiger partial charge is 0.497 e. The maximum atomic E-state index is 12.9. The quantitative estimate of drug-likeness (QED) is 0.587. The van der Waals surface area contributed by atoms with Gasteiger partial charge in [0.25, 0.3) is 5.91 Å². The summed E-state index contributed by atoms with van der Waals surface area (Å²) < 4.78 is 32.4. The topological polar surface area (TPSA) is 101 Å². The van der Waals surface area contributed by atoms with Crippen molar-refractivity contribution < 1.29 is 17.9 Å². The fourth-order valence-corrected chi connectivity index (χ4v) is 5.93. The first-order valence-corrected chi connectivity index (χ1v) is 12.5. The summed E-state index contributed by atoms with van der Waals surface area (Å²) in [4.78, 5) is 12.8. The highest BCUT2D eigenvalue weighted by Crippen LogP contribution is 2.32. The smallest absolute Gasteiger partial charge is 0.286 e. The predicted molar refractivity (Wildman–Crippen MR) is 123 cm³/mol. The molecule has 1 aliphatic heterocycles. The molecule has 1 aliphatic rings. The molecule has 0 spiro atoms. The third-order valence-corrected chi connectivity index (χ3v) is 8.44. The molecule has 32 heavy (non-hydrogen) atoms. The summed E-state index contributed by atoms with van der Waals surface area (Å²) in [6.07, 6.45) is 1.28. The third-order valence-electron chi connectivity index (χ3n) is 5.44. The fourth-order valence-electron chi connectivity index (χ4n) is 3.55. The minimum absolute atomic E-state index is 0.0829. The van der Waals surface area contributed by atoms with Crippen molar-refractivity contribution in [3.8, 4) is 5.75 Å². The molecular formula is C22H24N4O4S2. The maximum absolute atomic E-state index is 12.9. The molecule has 1 aromatic heterocycles. The molecule has 10 heteroatoms. The van der Waals surface area contributed by atoms with E-state index in [1.165, 1.54) is 15.6 Å². The zero-order valence-electron chi connectivity index (χ0n) is 17.8. The van der Waals surface area contributed by atoms with E-state index < -0.39 is 10.0 Å². The van der Waals surface area contributed by atoms with Crippen molar-refractivity contribution >= 4 is 33.0 Å². The van der Waals surface area contributed by atoms with E-state index in [4.69, 9.17) is 4.74 Å². The first-order valence-electron chi connectivity index (χ1n) is 10.2. The Balaban J connectivity index is 1.37. The lowest BCUT2D eigenvalue weighted by molar-refractivity contribution is 0.102. The molecule has 0 unspecified atom stereocenters. The minimum Gasteiger partial charge on any atom is -0.497 e. The predicted octanol–water partition coefficient (Wildman–Crippen LogP) is 3.68. The van der Waals surface area contributed by atoms with Crippen LogP contribution in [0.1, 0.15) is 39.1 Å². The molecular weight excluding hydrogens is 448 g/mol. The number of carbonyl (C=O) groups is 1. The summed E-state index contributed by atoms with van der Waals surface area (Å²) in [5.74, 6) is 0.467. The zero-order chi connectivity index (χ0) is 22.7. The van der Waals surface area contributed by atoms with Crippen LogP contribution in [0.25, 0.3) is 0 Å². The van der Waals surface area contributed by atoms with E-state index in [0.29, 0.717) is 42.3 Å². The van der Waals surface area contributed by atoms with E-state index in [0.717, 1.165) is 10.6 Å². The van der Waals surface area contributed by atoms with Gasteiger partial charge in [0, 0.05) is 24.7 Å². The van der Waals surface area contributed by atoms with Gasteiger partial charge in [-0.2, -0.15) is 4.31 Å². The second kappa shape index (κ2) is 9.35. The van der Waals surface area contributed by atoms with E-state index >= 15 is 0 Å². The highest BCUT2D eigenvalue weighted by molar-refractivity contribution is 7.89. The average Bonchev–Trinajstić information content (AvgIpc) is 3.30. The summed E-state index contributed by atoms with van der Waals surface area (Å²) in [6.45, 7) is 2.75. The van der Waals surface area contributed by atoms with Gasteiger partial charge in [0.1, 0.15) is 10.8 Å². The number of nitrogens with one attached hydrogen (secondary N) is 1. The van der Waals surface area contributed by atoms with Crippen LogP contribution in [0.15, 0.2) is 53.4 Å². The van der Waals surface area contributed by atoms with Crippen molar-refractivity contribution in [2.75, 3.05) is 25.5 Å². The fraction of sp³-hybridized carbons (Fsp3) is 0.318. The second-order valence-electron chi connectivity index (χ2n) is 7.62. The molecule has 1 fully saturated rings. The standard InChI is InChI=1S/C22H24N4O4S2/c1-15-3-9-19(10-4-15)32(28,29)26-13-11-16(12-14-26)21-24-25-22(31-21)20(27)23-17-5-7-18(30-2)8-6-17/h3-10,16H,11-14H2,1-2H3,(H,23,27). The normalized spacial score (nSPS) is 15.4. The van der Waals surface area contributed by atoms with E-state index in [9.17, 15) is 13.2 Å². The van der Waals surface area contributed by atoms with Crippen LogP contribution in [0.2, 0.25) is 0 Å². The lowest BCUT2D eigenvalue weighted by Gasteiger charge is -2.30. The van der Waals surface area contributed by atoms with Crippen LogP contribution < -0.4 is 10.1 Å². The highest BCUT2D eigenvalue weighted by Gasteiger charge is 2.31. The molecule has 0 bridgehead atoms. The highest BCUT2D eigenvalue weighted by atomic mass is 32.2.